The molecule has 0 radical (unpaired) electrons. The smallest absolute Gasteiger partial charge is 0.255 e. The maximum atomic E-state index is 12.2. The predicted molar refractivity (Wildman–Crippen MR) is 86.6 cm³/mol. The van der Waals surface area contributed by atoms with E-state index in [0.717, 1.165) is 26.5 Å². The van der Waals surface area contributed by atoms with E-state index in [1.165, 1.54) is 0 Å². The fourth-order valence-corrected chi connectivity index (χ4v) is 2.98. The molecule has 2 aromatic carbocycles. The van der Waals surface area contributed by atoms with Crippen molar-refractivity contribution in [3.05, 3.63) is 58.6 Å². The van der Waals surface area contributed by atoms with Gasteiger partial charge < -0.3 is 11.1 Å². The van der Waals surface area contributed by atoms with Gasteiger partial charge in [-0.05, 0) is 42.8 Å². The first-order valence-electron chi connectivity index (χ1n) is 6.63. The molecule has 1 aromatic heterocycles. The van der Waals surface area contributed by atoms with E-state index in [0.29, 0.717) is 12.1 Å². The van der Waals surface area contributed by atoms with Gasteiger partial charge in [0.2, 0.25) is 0 Å². The van der Waals surface area contributed by atoms with Gasteiger partial charge in [-0.3, -0.25) is 4.79 Å². The lowest BCUT2D eigenvalue weighted by atomic mass is 10.1. The molecule has 1 amide bonds. The zero-order valence-electron chi connectivity index (χ0n) is 11.6. The van der Waals surface area contributed by atoms with Gasteiger partial charge in [0.25, 0.3) is 5.91 Å². The molecular formula is C16H15N3OS. The van der Waals surface area contributed by atoms with Crippen LogP contribution in [-0.4, -0.2) is 10.9 Å². The summed E-state index contributed by atoms with van der Waals surface area (Å²) in [5.74, 6) is -0.126. The van der Waals surface area contributed by atoms with E-state index in [1.807, 2.05) is 37.3 Å². The van der Waals surface area contributed by atoms with Crippen molar-refractivity contribution in [3.63, 3.8) is 0 Å². The number of aromatic nitrogens is 1. The molecular weight excluding hydrogens is 282 g/mol. The van der Waals surface area contributed by atoms with Gasteiger partial charge in [-0.25, -0.2) is 4.98 Å². The molecule has 3 N–H and O–H groups in total. The monoisotopic (exact) mass is 297 g/mol. The first kappa shape index (κ1) is 13.7. The highest BCUT2D eigenvalue weighted by Crippen LogP contribution is 2.25. The molecule has 0 fully saturated rings. The molecule has 3 rings (SSSR count). The molecule has 0 saturated heterocycles. The van der Waals surface area contributed by atoms with Crippen LogP contribution in [0.4, 0.5) is 5.69 Å². The fraction of sp³-hybridized carbons (Fsp3) is 0.125. The Morgan fingerprint density at radius 3 is 2.71 bits per heavy atom. The third-order valence-electron chi connectivity index (χ3n) is 3.21. The number of hydrogen-bond donors (Lipinski definition) is 2. The first-order chi connectivity index (χ1) is 10.2. The van der Waals surface area contributed by atoms with Crippen LogP contribution in [0.25, 0.3) is 10.2 Å². The van der Waals surface area contributed by atoms with E-state index in [4.69, 9.17) is 5.73 Å². The second-order valence-electron chi connectivity index (χ2n) is 4.77. The molecule has 0 spiro atoms. The molecule has 0 bridgehead atoms. The minimum absolute atomic E-state index is 0.126. The third-order valence-corrected chi connectivity index (χ3v) is 4.14. The summed E-state index contributed by atoms with van der Waals surface area (Å²) < 4.78 is 1.07. The zero-order valence-corrected chi connectivity index (χ0v) is 12.4. The third kappa shape index (κ3) is 2.94. The average Bonchev–Trinajstić information content (AvgIpc) is 2.86. The maximum Gasteiger partial charge on any atom is 0.255 e. The standard InChI is InChI=1S/C16H15N3OS/c1-10-18-14-7-6-13(8-15(14)21-10)19-16(20)12-4-2-11(9-17)3-5-12/h2-8H,9,17H2,1H3,(H,19,20). The van der Waals surface area contributed by atoms with Gasteiger partial charge >= 0.3 is 0 Å². The van der Waals surface area contributed by atoms with Gasteiger partial charge in [0.05, 0.1) is 15.2 Å². The van der Waals surface area contributed by atoms with Crippen molar-refractivity contribution in [3.8, 4) is 0 Å². The summed E-state index contributed by atoms with van der Waals surface area (Å²) in [4.78, 5) is 16.6. The molecule has 4 nitrogen and oxygen atoms in total. The highest BCUT2D eigenvalue weighted by atomic mass is 32.1. The van der Waals surface area contributed by atoms with Crippen LogP contribution in [0.2, 0.25) is 0 Å². The van der Waals surface area contributed by atoms with Crippen LogP contribution < -0.4 is 11.1 Å². The lowest BCUT2D eigenvalue weighted by molar-refractivity contribution is 0.102. The van der Waals surface area contributed by atoms with Crippen LogP contribution >= 0.6 is 11.3 Å². The van der Waals surface area contributed by atoms with Crippen molar-refractivity contribution in [2.24, 2.45) is 5.73 Å². The number of fused-ring (bicyclic) bond motifs is 1. The number of nitrogens with one attached hydrogen (secondary N) is 1. The largest absolute Gasteiger partial charge is 0.326 e. The number of benzene rings is 2. The molecule has 3 aromatic rings. The summed E-state index contributed by atoms with van der Waals surface area (Å²) in [6, 6.07) is 13.0. The van der Waals surface area contributed by atoms with Crippen LogP contribution in [-0.2, 0) is 6.54 Å². The van der Waals surface area contributed by atoms with Crippen LogP contribution in [0.3, 0.4) is 0 Å². The van der Waals surface area contributed by atoms with E-state index in [9.17, 15) is 4.79 Å². The normalized spacial score (nSPS) is 10.8. The van der Waals surface area contributed by atoms with Crippen molar-refractivity contribution in [2.75, 3.05) is 5.32 Å². The summed E-state index contributed by atoms with van der Waals surface area (Å²) in [6.45, 7) is 2.45. The Morgan fingerprint density at radius 2 is 2.00 bits per heavy atom. The molecule has 0 aliphatic heterocycles. The predicted octanol–water partition coefficient (Wildman–Crippen LogP) is 3.32. The van der Waals surface area contributed by atoms with Crippen molar-refractivity contribution in [1.29, 1.82) is 0 Å². The Bertz CT molecular complexity index is 793. The van der Waals surface area contributed by atoms with Crippen molar-refractivity contribution in [1.82, 2.24) is 4.98 Å². The summed E-state index contributed by atoms with van der Waals surface area (Å²) >= 11 is 1.62. The second-order valence-corrected chi connectivity index (χ2v) is 6.01. The summed E-state index contributed by atoms with van der Waals surface area (Å²) in [6.07, 6.45) is 0. The number of nitrogens with zero attached hydrogens (tertiary/aromatic N) is 1. The number of hydrogen-bond acceptors (Lipinski definition) is 4. The lowest BCUT2D eigenvalue weighted by Gasteiger charge is -2.06. The minimum atomic E-state index is -0.126. The van der Waals surface area contributed by atoms with Crippen LogP contribution in [0.15, 0.2) is 42.5 Å². The number of thiazole rings is 1. The quantitative estimate of drug-likeness (QED) is 0.779. The molecule has 0 aliphatic carbocycles. The highest BCUT2D eigenvalue weighted by Gasteiger charge is 2.07. The van der Waals surface area contributed by atoms with Crippen molar-refractivity contribution >= 4 is 33.1 Å². The van der Waals surface area contributed by atoms with Gasteiger partial charge in [-0.1, -0.05) is 12.1 Å². The zero-order chi connectivity index (χ0) is 14.8. The Hall–Kier alpha value is -2.24. The van der Waals surface area contributed by atoms with Gasteiger partial charge in [-0.15, -0.1) is 11.3 Å². The molecule has 0 atom stereocenters. The number of anilines is 1. The number of aryl methyl sites for hydroxylation is 1. The Kier molecular flexibility index (Phi) is 3.68. The minimum Gasteiger partial charge on any atom is -0.326 e. The molecule has 0 unspecified atom stereocenters. The van der Waals surface area contributed by atoms with Crippen molar-refractivity contribution < 1.29 is 4.79 Å². The Balaban J connectivity index is 1.81. The molecule has 0 aliphatic rings. The topological polar surface area (TPSA) is 68.0 Å². The van der Waals surface area contributed by atoms with Gasteiger partial charge in [0, 0.05) is 17.8 Å². The summed E-state index contributed by atoms with van der Waals surface area (Å²) in [5, 5.41) is 3.93. The second kappa shape index (κ2) is 5.63. The van der Waals surface area contributed by atoms with Gasteiger partial charge in [-0.2, -0.15) is 0 Å². The molecule has 21 heavy (non-hydrogen) atoms. The number of carbonyl (C=O) groups excluding carboxylic acids is 1. The van der Waals surface area contributed by atoms with E-state index in [2.05, 4.69) is 10.3 Å². The molecule has 5 heteroatoms. The number of rotatable bonds is 3. The van der Waals surface area contributed by atoms with Crippen LogP contribution in [0, 0.1) is 6.92 Å². The number of nitrogens with two attached hydrogens (primary N) is 1. The first-order valence-corrected chi connectivity index (χ1v) is 7.45. The molecule has 0 saturated carbocycles. The lowest BCUT2D eigenvalue weighted by Crippen LogP contribution is -2.11. The maximum absolute atomic E-state index is 12.2. The Morgan fingerprint density at radius 1 is 1.24 bits per heavy atom. The average molecular weight is 297 g/mol. The summed E-state index contributed by atoms with van der Waals surface area (Å²) in [5.41, 5.74) is 8.91. The van der Waals surface area contributed by atoms with E-state index in [-0.39, 0.29) is 5.91 Å². The Labute approximate surface area is 126 Å². The van der Waals surface area contributed by atoms with Crippen LogP contribution in [0.5, 0.6) is 0 Å². The summed E-state index contributed by atoms with van der Waals surface area (Å²) in [7, 11) is 0. The van der Waals surface area contributed by atoms with E-state index < -0.39 is 0 Å². The fourth-order valence-electron chi connectivity index (χ4n) is 2.11. The van der Waals surface area contributed by atoms with E-state index >= 15 is 0 Å². The SMILES string of the molecule is Cc1nc2ccc(NC(=O)c3ccc(CN)cc3)cc2s1. The number of amides is 1. The van der Waals surface area contributed by atoms with Crippen molar-refractivity contribution in [2.45, 2.75) is 13.5 Å². The molecule has 1 heterocycles. The van der Waals surface area contributed by atoms with Crippen LogP contribution in [0.1, 0.15) is 20.9 Å². The highest BCUT2D eigenvalue weighted by molar-refractivity contribution is 7.18. The van der Waals surface area contributed by atoms with Gasteiger partial charge in [0.1, 0.15) is 0 Å². The molecule has 106 valence electrons. The van der Waals surface area contributed by atoms with Gasteiger partial charge in [0.15, 0.2) is 0 Å². The number of carbonyl (C=O) groups is 1. The van der Waals surface area contributed by atoms with E-state index in [1.54, 1.807) is 23.5 Å².